The predicted octanol–water partition coefficient (Wildman–Crippen LogP) is 3.14. The first-order valence-electron chi connectivity index (χ1n) is 3.59. The summed E-state index contributed by atoms with van der Waals surface area (Å²) in [6.07, 6.45) is -1.76. The Balaban J connectivity index is 3.24. The minimum Gasteiger partial charge on any atom is -0.276 e. The van der Waals surface area contributed by atoms with E-state index in [2.05, 4.69) is 4.98 Å². The number of carbonyl (C=O) groups is 1. The third-order valence-corrected chi connectivity index (χ3v) is 2.05. The molecule has 0 bridgehead atoms. The number of pyridine rings is 1. The summed E-state index contributed by atoms with van der Waals surface area (Å²) in [7, 11) is 0. The van der Waals surface area contributed by atoms with E-state index in [1.165, 1.54) is 0 Å². The van der Waals surface area contributed by atoms with Gasteiger partial charge in [0.1, 0.15) is 0 Å². The molecule has 76 valence electrons. The average Bonchev–Trinajstić information content (AvgIpc) is 2.16. The van der Waals surface area contributed by atoms with Crippen molar-refractivity contribution in [3.63, 3.8) is 0 Å². The molecule has 0 spiro atoms. The lowest BCUT2D eigenvalue weighted by Gasteiger charge is -2.05. The topological polar surface area (TPSA) is 30.0 Å². The maximum Gasteiger partial charge on any atom is 0.264 e. The fourth-order valence-electron chi connectivity index (χ4n) is 0.934. The highest BCUT2D eigenvalue weighted by Crippen LogP contribution is 2.24. The summed E-state index contributed by atoms with van der Waals surface area (Å²) >= 11 is 10.5. The smallest absolute Gasteiger partial charge is 0.264 e. The molecule has 1 aromatic rings. The summed E-state index contributed by atoms with van der Waals surface area (Å²) in [5, 5.41) is -0.950. The lowest BCUT2D eigenvalue weighted by Crippen LogP contribution is -2.01. The van der Waals surface area contributed by atoms with Crippen LogP contribution < -0.4 is 0 Å². The zero-order valence-electron chi connectivity index (χ0n) is 6.81. The second-order valence-corrected chi connectivity index (χ2v) is 3.08. The van der Waals surface area contributed by atoms with Gasteiger partial charge in [0.2, 0.25) is 0 Å². The van der Waals surface area contributed by atoms with Crippen LogP contribution in [0.4, 0.5) is 8.78 Å². The zero-order valence-corrected chi connectivity index (χ0v) is 8.32. The molecule has 0 fully saturated rings. The van der Waals surface area contributed by atoms with Gasteiger partial charge in [-0.1, -0.05) is 0 Å². The Kier molecular flexibility index (Phi) is 3.77. The van der Waals surface area contributed by atoms with E-state index < -0.39 is 17.2 Å². The van der Waals surface area contributed by atoms with Gasteiger partial charge in [-0.15, -0.1) is 11.6 Å². The quantitative estimate of drug-likeness (QED) is 0.600. The maximum absolute atomic E-state index is 12.4. The standard InChI is InChI=1S/C8H5Cl2F2NO/c9-2-4-1-5(8(11)12)6(3-13-4)7(10)14/h1,3,8H,2H2. The molecule has 0 aromatic carbocycles. The van der Waals surface area contributed by atoms with E-state index in [1.54, 1.807) is 0 Å². The molecule has 0 atom stereocenters. The lowest BCUT2D eigenvalue weighted by molar-refractivity contribution is 0.106. The van der Waals surface area contributed by atoms with Crippen LogP contribution in [-0.4, -0.2) is 10.2 Å². The van der Waals surface area contributed by atoms with Crippen molar-refractivity contribution in [1.82, 2.24) is 4.98 Å². The highest BCUT2D eigenvalue weighted by atomic mass is 35.5. The van der Waals surface area contributed by atoms with Crippen molar-refractivity contribution in [2.75, 3.05) is 0 Å². The molecule has 0 unspecified atom stereocenters. The van der Waals surface area contributed by atoms with Crippen molar-refractivity contribution in [3.05, 3.63) is 29.1 Å². The highest BCUT2D eigenvalue weighted by molar-refractivity contribution is 6.67. The van der Waals surface area contributed by atoms with Crippen LogP contribution >= 0.6 is 23.2 Å². The summed E-state index contributed by atoms with van der Waals surface area (Å²) in [6, 6.07) is 1.08. The van der Waals surface area contributed by atoms with E-state index in [4.69, 9.17) is 23.2 Å². The van der Waals surface area contributed by atoms with Crippen molar-refractivity contribution < 1.29 is 13.6 Å². The van der Waals surface area contributed by atoms with Crippen LogP contribution in [-0.2, 0) is 5.88 Å². The first-order chi connectivity index (χ1) is 6.56. The number of aromatic nitrogens is 1. The normalized spacial score (nSPS) is 10.6. The molecular weight excluding hydrogens is 235 g/mol. The highest BCUT2D eigenvalue weighted by Gasteiger charge is 2.18. The van der Waals surface area contributed by atoms with Gasteiger partial charge in [-0.2, -0.15) is 0 Å². The predicted molar refractivity (Wildman–Crippen MR) is 48.9 cm³/mol. The minimum atomic E-state index is -2.77. The van der Waals surface area contributed by atoms with Gasteiger partial charge >= 0.3 is 0 Å². The molecular formula is C8H5Cl2F2NO. The van der Waals surface area contributed by atoms with E-state index >= 15 is 0 Å². The lowest BCUT2D eigenvalue weighted by atomic mass is 10.1. The number of carbonyl (C=O) groups excluding carboxylic acids is 1. The second kappa shape index (κ2) is 4.66. The molecule has 0 N–H and O–H groups in total. The maximum atomic E-state index is 12.4. The van der Waals surface area contributed by atoms with E-state index in [-0.39, 0.29) is 17.1 Å². The zero-order chi connectivity index (χ0) is 10.7. The van der Waals surface area contributed by atoms with E-state index in [9.17, 15) is 13.6 Å². The monoisotopic (exact) mass is 239 g/mol. The second-order valence-electron chi connectivity index (χ2n) is 2.47. The van der Waals surface area contributed by atoms with Gasteiger partial charge in [-0.3, -0.25) is 9.78 Å². The molecule has 1 rings (SSSR count). The SMILES string of the molecule is O=C(Cl)c1cnc(CCl)cc1C(F)F. The summed E-state index contributed by atoms with van der Waals surface area (Å²) in [6.45, 7) is 0. The van der Waals surface area contributed by atoms with Crippen LogP contribution in [0.5, 0.6) is 0 Å². The molecule has 14 heavy (non-hydrogen) atoms. The van der Waals surface area contributed by atoms with E-state index in [0.29, 0.717) is 0 Å². The average molecular weight is 240 g/mol. The number of nitrogens with zero attached hydrogens (tertiary/aromatic N) is 1. The van der Waals surface area contributed by atoms with Crippen LogP contribution in [0.15, 0.2) is 12.3 Å². The fourth-order valence-corrected chi connectivity index (χ4v) is 1.24. The molecule has 0 aliphatic heterocycles. The minimum absolute atomic E-state index is 0.0104. The molecule has 0 aliphatic rings. The number of rotatable bonds is 3. The number of alkyl halides is 3. The number of hydrogen-bond acceptors (Lipinski definition) is 2. The van der Waals surface area contributed by atoms with Crippen molar-refractivity contribution in [3.8, 4) is 0 Å². The molecule has 0 aliphatic carbocycles. The molecule has 1 aromatic heterocycles. The van der Waals surface area contributed by atoms with Crippen molar-refractivity contribution in [1.29, 1.82) is 0 Å². The van der Waals surface area contributed by atoms with Crippen LogP contribution in [0.2, 0.25) is 0 Å². The van der Waals surface area contributed by atoms with Crippen molar-refractivity contribution in [2.45, 2.75) is 12.3 Å². The van der Waals surface area contributed by atoms with Gasteiger partial charge in [0.15, 0.2) is 0 Å². The first-order valence-corrected chi connectivity index (χ1v) is 4.50. The van der Waals surface area contributed by atoms with Crippen LogP contribution in [0.3, 0.4) is 0 Å². The van der Waals surface area contributed by atoms with Gasteiger partial charge in [-0.25, -0.2) is 8.78 Å². The molecule has 0 saturated carbocycles. The van der Waals surface area contributed by atoms with Crippen LogP contribution in [0.1, 0.15) is 28.0 Å². The van der Waals surface area contributed by atoms with Gasteiger partial charge in [0.25, 0.3) is 11.7 Å². The number of hydrogen-bond donors (Lipinski definition) is 0. The summed E-state index contributed by atoms with van der Waals surface area (Å²) in [5.74, 6) is 0.0104. The Morgan fingerprint density at radius 2 is 2.21 bits per heavy atom. The van der Waals surface area contributed by atoms with E-state index in [0.717, 1.165) is 12.3 Å². The summed E-state index contributed by atoms with van der Waals surface area (Å²) < 4.78 is 24.8. The fraction of sp³-hybridized carbons (Fsp3) is 0.250. The Bertz CT molecular complexity index is 357. The van der Waals surface area contributed by atoms with Gasteiger partial charge < -0.3 is 0 Å². The summed E-state index contributed by atoms with van der Waals surface area (Å²) in [4.78, 5) is 14.4. The largest absolute Gasteiger partial charge is 0.276 e. The Hall–Kier alpha value is -0.740. The van der Waals surface area contributed by atoms with Crippen LogP contribution in [0, 0.1) is 0 Å². The van der Waals surface area contributed by atoms with Gasteiger partial charge in [-0.05, 0) is 17.7 Å². The molecule has 2 nitrogen and oxygen atoms in total. The van der Waals surface area contributed by atoms with E-state index in [1.807, 2.05) is 0 Å². The molecule has 6 heteroatoms. The first kappa shape index (κ1) is 11.3. The molecule has 0 radical (unpaired) electrons. The van der Waals surface area contributed by atoms with Crippen molar-refractivity contribution in [2.24, 2.45) is 0 Å². The Morgan fingerprint density at radius 1 is 1.57 bits per heavy atom. The molecule has 1 heterocycles. The Labute approximate surface area is 88.8 Å². The van der Waals surface area contributed by atoms with Gasteiger partial charge in [0, 0.05) is 11.8 Å². The van der Waals surface area contributed by atoms with Crippen LogP contribution in [0.25, 0.3) is 0 Å². The third-order valence-electron chi connectivity index (χ3n) is 1.58. The molecule has 0 saturated heterocycles. The Morgan fingerprint density at radius 3 is 2.64 bits per heavy atom. The van der Waals surface area contributed by atoms with Crippen molar-refractivity contribution >= 4 is 28.4 Å². The number of halogens is 4. The summed E-state index contributed by atoms with van der Waals surface area (Å²) in [5.41, 5.74) is -0.435. The third kappa shape index (κ3) is 2.39. The van der Waals surface area contributed by atoms with Gasteiger partial charge in [0.05, 0.1) is 17.1 Å². The molecule has 0 amide bonds.